The number of sulfonamides is 1. The molecule has 140 valence electrons. The molecular weight excluding hydrogens is 358 g/mol. The predicted molar refractivity (Wildman–Crippen MR) is 94.6 cm³/mol. The second kappa shape index (κ2) is 7.56. The molecule has 2 aliphatic rings. The number of hydrogen-bond donors (Lipinski definition) is 1. The van der Waals surface area contributed by atoms with Gasteiger partial charge in [-0.3, -0.25) is 9.59 Å². The molecule has 2 fully saturated rings. The van der Waals surface area contributed by atoms with Crippen molar-refractivity contribution in [3.63, 3.8) is 0 Å². The van der Waals surface area contributed by atoms with Crippen LogP contribution in [0.4, 0.5) is 0 Å². The number of carbonyl (C=O) groups excluding carboxylic acids is 2. The third kappa shape index (κ3) is 3.79. The molecule has 9 heteroatoms. The van der Waals surface area contributed by atoms with Crippen LogP contribution in [-0.4, -0.2) is 67.7 Å². The summed E-state index contributed by atoms with van der Waals surface area (Å²) in [7, 11) is -3.35. The van der Waals surface area contributed by atoms with Crippen molar-refractivity contribution >= 4 is 21.8 Å². The first kappa shape index (κ1) is 18.6. The maximum Gasteiger partial charge on any atom is 0.255 e. The van der Waals surface area contributed by atoms with Gasteiger partial charge >= 0.3 is 0 Å². The Morgan fingerprint density at radius 3 is 2.69 bits per heavy atom. The molecule has 0 radical (unpaired) electrons. The van der Waals surface area contributed by atoms with Crippen LogP contribution in [0.1, 0.15) is 15.9 Å². The molecule has 2 saturated heterocycles. The zero-order valence-corrected chi connectivity index (χ0v) is 15.1. The molecule has 8 nitrogen and oxygen atoms in total. The number of benzene rings is 1. The van der Waals surface area contributed by atoms with Crippen molar-refractivity contribution in [1.29, 1.82) is 0 Å². The van der Waals surface area contributed by atoms with Gasteiger partial charge in [-0.15, -0.1) is 0 Å². The fourth-order valence-corrected chi connectivity index (χ4v) is 4.61. The van der Waals surface area contributed by atoms with Gasteiger partial charge in [0.15, 0.2) is 0 Å². The summed E-state index contributed by atoms with van der Waals surface area (Å²) in [6, 6.07) is 6.86. The highest BCUT2D eigenvalue weighted by Crippen LogP contribution is 2.23. The quantitative estimate of drug-likeness (QED) is 0.739. The van der Waals surface area contributed by atoms with E-state index in [0.717, 1.165) is 5.56 Å². The van der Waals surface area contributed by atoms with Gasteiger partial charge in [0.05, 0.1) is 19.0 Å². The maximum absolute atomic E-state index is 12.9. The second-order valence-corrected chi connectivity index (χ2v) is 8.14. The molecule has 2 amide bonds. The molecule has 1 unspecified atom stereocenters. The van der Waals surface area contributed by atoms with Gasteiger partial charge < -0.3 is 15.0 Å². The number of fused-ring (bicyclic) bond motifs is 1. The Hall–Kier alpha value is -2.23. The van der Waals surface area contributed by atoms with Crippen molar-refractivity contribution in [2.24, 2.45) is 0 Å². The summed E-state index contributed by atoms with van der Waals surface area (Å²) in [6.45, 7) is 4.64. The van der Waals surface area contributed by atoms with Crippen LogP contribution in [0.5, 0.6) is 0 Å². The summed E-state index contributed by atoms with van der Waals surface area (Å²) >= 11 is 0. The zero-order chi connectivity index (χ0) is 18.7. The van der Waals surface area contributed by atoms with E-state index in [-0.39, 0.29) is 37.3 Å². The molecule has 26 heavy (non-hydrogen) atoms. The second-order valence-electron chi connectivity index (χ2n) is 6.10. The van der Waals surface area contributed by atoms with E-state index in [4.69, 9.17) is 4.74 Å². The van der Waals surface area contributed by atoms with Gasteiger partial charge in [0.2, 0.25) is 15.9 Å². The third-order valence-corrected chi connectivity index (χ3v) is 6.32. The van der Waals surface area contributed by atoms with E-state index in [9.17, 15) is 18.0 Å². The van der Waals surface area contributed by atoms with E-state index in [0.29, 0.717) is 18.7 Å². The van der Waals surface area contributed by atoms with Crippen LogP contribution >= 0.6 is 0 Å². The highest BCUT2D eigenvalue weighted by molar-refractivity contribution is 7.89. The van der Waals surface area contributed by atoms with Crippen LogP contribution in [0.2, 0.25) is 0 Å². The van der Waals surface area contributed by atoms with Crippen LogP contribution in [0.3, 0.4) is 0 Å². The van der Waals surface area contributed by atoms with Crippen LogP contribution in [0.15, 0.2) is 36.9 Å². The van der Waals surface area contributed by atoms with Crippen LogP contribution in [0.25, 0.3) is 0 Å². The average Bonchev–Trinajstić information content (AvgIpc) is 2.66. The number of hydrogen-bond acceptors (Lipinski definition) is 5. The van der Waals surface area contributed by atoms with Gasteiger partial charge in [0, 0.05) is 25.2 Å². The van der Waals surface area contributed by atoms with Gasteiger partial charge in [0.25, 0.3) is 5.91 Å². The highest BCUT2D eigenvalue weighted by atomic mass is 32.2. The first-order valence-electron chi connectivity index (χ1n) is 8.30. The Bertz CT molecular complexity index is 806. The lowest BCUT2D eigenvalue weighted by Crippen LogP contribution is -2.63. The predicted octanol–water partition coefficient (Wildman–Crippen LogP) is -0.0673. The Kier molecular flexibility index (Phi) is 5.40. The fourth-order valence-electron chi connectivity index (χ4n) is 3.05. The average molecular weight is 379 g/mol. The highest BCUT2D eigenvalue weighted by Gasteiger charge is 2.42. The Labute approximate surface area is 152 Å². The van der Waals surface area contributed by atoms with Crippen molar-refractivity contribution in [1.82, 2.24) is 14.5 Å². The first-order valence-corrected chi connectivity index (χ1v) is 9.91. The number of morpholine rings is 1. The molecule has 1 N–H and O–H groups in total. The Morgan fingerprint density at radius 2 is 2.00 bits per heavy atom. The Balaban J connectivity index is 1.72. The molecule has 0 aliphatic carbocycles. The largest absolute Gasteiger partial charge is 0.376 e. The maximum atomic E-state index is 12.9. The zero-order valence-electron chi connectivity index (χ0n) is 14.3. The summed E-state index contributed by atoms with van der Waals surface area (Å²) in [5.74, 6) is -0.583. The fraction of sp³-hybridized carbons (Fsp3) is 0.412. The smallest absolute Gasteiger partial charge is 0.255 e. The van der Waals surface area contributed by atoms with E-state index < -0.39 is 16.2 Å². The molecule has 1 aromatic carbocycles. The molecular formula is C17H21N3O5S. The normalized spacial score (nSPS) is 22.3. The van der Waals surface area contributed by atoms with E-state index in [1.807, 2.05) is 0 Å². The lowest BCUT2D eigenvalue weighted by Gasteiger charge is -2.45. The molecule has 0 bridgehead atoms. The number of ether oxygens (including phenoxy) is 1. The monoisotopic (exact) mass is 379 g/mol. The Morgan fingerprint density at radius 1 is 1.27 bits per heavy atom. The van der Waals surface area contributed by atoms with Crippen LogP contribution in [-0.2, 0) is 26.1 Å². The lowest BCUT2D eigenvalue weighted by atomic mass is 10.1. The third-order valence-electron chi connectivity index (χ3n) is 4.48. The van der Waals surface area contributed by atoms with Gasteiger partial charge in [-0.2, -0.15) is 4.31 Å². The van der Waals surface area contributed by atoms with Gasteiger partial charge in [-0.25, -0.2) is 8.42 Å². The van der Waals surface area contributed by atoms with E-state index in [2.05, 4.69) is 11.9 Å². The number of rotatable bonds is 4. The van der Waals surface area contributed by atoms with Crippen LogP contribution in [0, 0.1) is 0 Å². The van der Waals surface area contributed by atoms with E-state index in [1.54, 1.807) is 29.2 Å². The van der Waals surface area contributed by atoms with Crippen molar-refractivity contribution < 1.29 is 22.7 Å². The number of nitrogens with one attached hydrogen (secondary N) is 1. The van der Waals surface area contributed by atoms with Crippen molar-refractivity contribution in [2.75, 3.05) is 32.1 Å². The van der Waals surface area contributed by atoms with Crippen LogP contribution < -0.4 is 5.32 Å². The summed E-state index contributed by atoms with van der Waals surface area (Å²) in [5, 5.41) is 2.66. The summed E-state index contributed by atoms with van der Waals surface area (Å²) < 4.78 is 31.2. The van der Waals surface area contributed by atoms with E-state index in [1.165, 1.54) is 10.4 Å². The molecule has 1 aromatic rings. The molecule has 2 aliphatic heterocycles. The minimum Gasteiger partial charge on any atom is -0.376 e. The first-order chi connectivity index (χ1) is 12.4. The van der Waals surface area contributed by atoms with Gasteiger partial charge in [-0.05, 0) is 23.8 Å². The SMILES string of the molecule is C=CC(=O)NCc1ccc(C(=O)N2CCS(=O)(=O)N3CCOCC23)cc1. The molecule has 2 heterocycles. The standard InChI is InChI=1S/C17H21N3O5S/c1-2-15(21)18-11-13-3-5-14(6-4-13)17(22)19-8-10-26(23,24)20-7-9-25-12-16(19)20/h2-6,16H,1,7-12H2,(H,18,21). The number of nitrogens with zero attached hydrogens (tertiary/aromatic N) is 2. The minimum absolute atomic E-state index is 0.0824. The summed E-state index contributed by atoms with van der Waals surface area (Å²) in [4.78, 5) is 25.6. The summed E-state index contributed by atoms with van der Waals surface area (Å²) in [5.41, 5.74) is 1.31. The molecule has 0 spiro atoms. The molecule has 1 atom stereocenters. The van der Waals surface area contributed by atoms with Crippen molar-refractivity contribution in [2.45, 2.75) is 12.7 Å². The topological polar surface area (TPSA) is 96.0 Å². The van der Waals surface area contributed by atoms with E-state index >= 15 is 0 Å². The number of amides is 2. The molecule has 0 saturated carbocycles. The van der Waals surface area contributed by atoms with Gasteiger partial charge in [0.1, 0.15) is 6.17 Å². The van der Waals surface area contributed by atoms with Crippen molar-refractivity contribution in [3.8, 4) is 0 Å². The van der Waals surface area contributed by atoms with Crippen molar-refractivity contribution in [3.05, 3.63) is 48.0 Å². The van der Waals surface area contributed by atoms with Gasteiger partial charge in [-0.1, -0.05) is 18.7 Å². The molecule has 0 aromatic heterocycles. The number of carbonyl (C=O) groups is 2. The molecule has 3 rings (SSSR count). The lowest BCUT2D eigenvalue weighted by molar-refractivity contribution is -0.116. The minimum atomic E-state index is -3.35. The summed E-state index contributed by atoms with van der Waals surface area (Å²) in [6.07, 6.45) is 0.599.